The number of aryl methyl sites for hydroxylation is 1. The van der Waals surface area contributed by atoms with E-state index >= 15 is 0 Å². The molecule has 0 aliphatic carbocycles. The standard InChI is InChI=1S/C21H26N4OS.HI/c1-16(20-23-14-17(2)27-20)13-24-21(22-11-10-19-9-6-12-26-19)25-15-18-7-4-3-5-8-18;/h3-9,12,14,16H,10-11,13,15H2,1-2H3,(H2,22,24,25);1H. The zero-order valence-corrected chi connectivity index (χ0v) is 19.4. The SMILES string of the molecule is Cc1cnc(C(C)CNC(=NCc2ccccc2)NCCc2ccco2)s1.I. The van der Waals surface area contributed by atoms with Crippen molar-refractivity contribution in [1.29, 1.82) is 0 Å². The third-order valence-corrected chi connectivity index (χ3v) is 5.29. The summed E-state index contributed by atoms with van der Waals surface area (Å²) in [7, 11) is 0. The highest BCUT2D eigenvalue weighted by atomic mass is 127. The number of rotatable bonds is 8. The number of hydrogen-bond donors (Lipinski definition) is 2. The van der Waals surface area contributed by atoms with E-state index < -0.39 is 0 Å². The molecule has 1 atom stereocenters. The van der Waals surface area contributed by atoms with Crippen molar-refractivity contribution in [3.63, 3.8) is 0 Å². The maximum absolute atomic E-state index is 5.40. The first-order chi connectivity index (χ1) is 13.2. The molecule has 3 aromatic rings. The van der Waals surface area contributed by atoms with Crippen LogP contribution in [0.3, 0.4) is 0 Å². The van der Waals surface area contributed by atoms with Gasteiger partial charge in [-0.1, -0.05) is 37.3 Å². The average molecular weight is 510 g/mol. The Labute approximate surface area is 187 Å². The Morgan fingerprint density at radius 1 is 1.18 bits per heavy atom. The van der Waals surface area contributed by atoms with E-state index in [4.69, 9.17) is 9.41 Å². The number of hydrogen-bond acceptors (Lipinski definition) is 4. The monoisotopic (exact) mass is 510 g/mol. The van der Waals surface area contributed by atoms with E-state index in [1.54, 1.807) is 17.6 Å². The van der Waals surface area contributed by atoms with E-state index in [9.17, 15) is 0 Å². The second-order valence-electron chi connectivity index (χ2n) is 6.50. The molecule has 150 valence electrons. The number of aliphatic imine (C=N–C) groups is 1. The number of aromatic nitrogens is 1. The molecule has 2 N–H and O–H groups in total. The molecule has 0 saturated carbocycles. The van der Waals surface area contributed by atoms with Gasteiger partial charge in [0.1, 0.15) is 5.76 Å². The number of halogens is 1. The molecule has 3 rings (SSSR count). The van der Waals surface area contributed by atoms with Crippen molar-refractivity contribution in [2.24, 2.45) is 4.99 Å². The Bertz CT molecular complexity index is 833. The summed E-state index contributed by atoms with van der Waals surface area (Å²) < 4.78 is 5.40. The number of thiazole rings is 1. The van der Waals surface area contributed by atoms with Gasteiger partial charge in [0, 0.05) is 36.5 Å². The highest BCUT2D eigenvalue weighted by Crippen LogP contribution is 2.20. The summed E-state index contributed by atoms with van der Waals surface area (Å²) in [5, 5.41) is 8.01. The lowest BCUT2D eigenvalue weighted by molar-refractivity contribution is 0.506. The molecule has 0 spiro atoms. The van der Waals surface area contributed by atoms with Crippen molar-refractivity contribution < 1.29 is 4.42 Å². The van der Waals surface area contributed by atoms with Crippen LogP contribution in [0.1, 0.15) is 34.1 Å². The van der Waals surface area contributed by atoms with Gasteiger partial charge in [0.2, 0.25) is 0 Å². The Morgan fingerprint density at radius 3 is 2.68 bits per heavy atom. The summed E-state index contributed by atoms with van der Waals surface area (Å²) in [6.45, 7) is 6.46. The molecule has 1 aromatic carbocycles. The van der Waals surface area contributed by atoms with Crippen LogP contribution in [0.2, 0.25) is 0 Å². The van der Waals surface area contributed by atoms with Crippen LogP contribution in [0.5, 0.6) is 0 Å². The molecular formula is C21H27IN4OS. The summed E-state index contributed by atoms with van der Waals surface area (Å²) in [6.07, 6.45) is 4.46. The minimum absolute atomic E-state index is 0. The minimum atomic E-state index is 0. The van der Waals surface area contributed by atoms with Crippen LogP contribution in [0, 0.1) is 6.92 Å². The predicted molar refractivity (Wildman–Crippen MR) is 127 cm³/mol. The zero-order valence-electron chi connectivity index (χ0n) is 16.2. The molecule has 28 heavy (non-hydrogen) atoms. The summed E-state index contributed by atoms with van der Waals surface area (Å²) >= 11 is 1.75. The lowest BCUT2D eigenvalue weighted by Crippen LogP contribution is -2.40. The van der Waals surface area contributed by atoms with E-state index in [0.717, 1.165) is 36.2 Å². The molecule has 0 aliphatic heterocycles. The smallest absolute Gasteiger partial charge is 0.191 e. The lowest BCUT2D eigenvalue weighted by atomic mass is 10.2. The molecule has 5 nitrogen and oxygen atoms in total. The molecule has 2 heterocycles. The first kappa shape index (κ1) is 22.4. The molecule has 0 saturated heterocycles. The first-order valence-electron chi connectivity index (χ1n) is 9.21. The summed E-state index contributed by atoms with van der Waals surface area (Å²) in [5.74, 6) is 2.11. The third kappa shape index (κ3) is 7.27. The fourth-order valence-electron chi connectivity index (χ4n) is 2.62. The molecule has 0 fully saturated rings. The Morgan fingerprint density at radius 2 is 2.00 bits per heavy atom. The van der Waals surface area contributed by atoms with Gasteiger partial charge < -0.3 is 15.1 Å². The zero-order chi connectivity index (χ0) is 18.9. The fourth-order valence-corrected chi connectivity index (χ4v) is 3.45. The van der Waals surface area contributed by atoms with Gasteiger partial charge in [-0.15, -0.1) is 35.3 Å². The maximum atomic E-state index is 5.40. The number of nitrogens with zero attached hydrogens (tertiary/aromatic N) is 2. The van der Waals surface area contributed by atoms with Gasteiger partial charge in [0.25, 0.3) is 0 Å². The van der Waals surface area contributed by atoms with Gasteiger partial charge >= 0.3 is 0 Å². The Hall–Kier alpha value is -1.87. The van der Waals surface area contributed by atoms with Crippen molar-refractivity contribution >= 4 is 41.3 Å². The number of nitrogens with one attached hydrogen (secondary N) is 2. The van der Waals surface area contributed by atoms with Gasteiger partial charge in [-0.05, 0) is 24.6 Å². The van der Waals surface area contributed by atoms with Gasteiger partial charge in [0.05, 0.1) is 17.8 Å². The second-order valence-corrected chi connectivity index (χ2v) is 7.76. The molecule has 0 aliphatic rings. The molecule has 0 bridgehead atoms. The largest absolute Gasteiger partial charge is 0.469 e. The van der Waals surface area contributed by atoms with E-state index in [0.29, 0.717) is 12.5 Å². The first-order valence-corrected chi connectivity index (χ1v) is 10.0. The maximum Gasteiger partial charge on any atom is 0.191 e. The van der Waals surface area contributed by atoms with Crippen molar-refractivity contribution in [2.45, 2.75) is 32.7 Å². The molecule has 7 heteroatoms. The van der Waals surface area contributed by atoms with E-state index in [2.05, 4.69) is 41.6 Å². The lowest BCUT2D eigenvalue weighted by Gasteiger charge is -2.15. The van der Waals surface area contributed by atoms with Crippen LogP contribution in [0.4, 0.5) is 0 Å². The quantitative estimate of drug-likeness (QED) is 0.261. The Kier molecular flexibility index (Phi) is 9.49. The van der Waals surface area contributed by atoms with E-state index in [1.165, 1.54) is 10.4 Å². The van der Waals surface area contributed by atoms with Crippen LogP contribution in [0.25, 0.3) is 0 Å². The predicted octanol–water partition coefficient (Wildman–Crippen LogP) is 4.74. The summed E-state index contributed by atoms with van der Waals surface area (Å²) in [6, 6.07) is 14.2. The van der Waals surface area contributed by atoms with Crippen LogP contribution in [-0.2, 0) is 13.0 Å². The number of benzene rings is 1. The van der Waals surface area contributed by atoms with Crippen molar-refractivity contribution in [3.05, 3.63) is 76.1 Å². The van der Waals surface area contributed by atoms with Gasteiger partial charge in [-0.2, -0.15) is 0 Å². The number of furan rings is 1. The Balaban J connectivity index is 0.00000280. The minimum Gasteiger partial charge on any atom is -0.469 e. The molecule has 0 amide bonds. The summed E-state index contributed by atoms with van der Waals surface area (Å²) in [5.41, 5.74) is 1.19. The molecule has 0 radical (unpaired) electrons. The highest BCUT2D eigenvalue weighted by Gasteiger charge is 2.10. The molecule has 2 aromatic heterocycles. The third-order valence-electron chi connectivity index (χ3n) is 4.14. The van der Waals surface area contributed by atoms with Crippen LogP contribution < -0.4 is 10.6 Å². The fraction of sp³-hybridized carbons (Fsp3) is 0.333. The van der Waals surface area contributed by atoms with Crippen LogP contribution >= 0.6 is 35.3 Å². The summed E-state index contributed by atoms with van der Waals surface area (Å²) in [4.78, 5) is 10.5. The highest BCUT2D eigenvalue weighted by molar-refractivity contribution is 14.0. The number of guanidine groups is 1. The van der Waals surface area contributed by atoms with Gasteiger partial charge in [-0.25, -0.2) is 9.98 Å². The molecule has 1 unspecified atom stereocenters. The topological polar surface area (TPSA) is 62.5 Å². The van der Waals surface area contributed by atoms with Gasteiger partial charge in [-0.3, -0.25) is 0 Å². The van der Waals surface area contributed by atoms with Crippen molar-refractivity contribution in [3.8, 4) is 0 Å². The van der Waals surface area contributed by atoms with Gasteiger partial charge in [0.15, 0.2) is 5.96 Å². The normalized spacial score (nSPS) is 12.3. The van der Waals surface area contributed by atoms with E-state index in [-0.39, 0.29) is 24.0 Å². The van der Waals surface area contributed by atoms with Crippen LogP contribution in [0.15, 0.2) is 64.3 Å². The van der Waals surface area contributed by atoms with Crippen molar-refractivity contribution in [2.75, 3.05) is 13.1 Å². The second kappa shape index (κ2) is 11.9. The van der Waals surface area contributed by atoms with Crippen molar-refractivity contribution in [1.82, 2.24) is 15.6 Å². The molecular weight excluding hydrogens is 483 g/mol. The average Bonchev–Trinajstić information content (AvgIpc) is 3.36. The van der Waals surface area contributed by atoms with E-state index in [1.807, 2.05) is 36.5 Å². The van der Waals surface area contributed by atoms with Crippen LogP contribution in [-0.4, -0.2) is 24.0 Å².